The Morgan fingerprint density at radius 2 is 2.40 bits per heavy atom. The van der Waals surface area contributed by atoms with Gasteiger partial charge in [0.15, 0.2) is 0 Å². The number of hydrogen-bond donors (Lipinski definition) is 0. The van der Waals surface area contributed by atoms with E-state index in [9.17, 15) is 4.79 Å². The second kappa shape index (κ2) is 3.59. The molecule has 1 radical (unpaired) electrons. The smallest absolute Gasteiger partial charge is 0.310 e. The highest BCUT2D eigenvalue weighted by molar-refractivity contribution is 5.79. The van der Waals surface area contributed by atoms with Crippen LogP contribution in [0.1, 0.15) is 32.6 Å². The molecule has 2 heteroatoms. The van der Waals surface area contributed by atoms with Crippen molar-refractivity contribution in [3.8, 4) is 0 Å². The second-order valence-corrected chi connectivity index (χ2v) is 2.63. The molecule has 0 saturated heterocycles. The summed E-state index contributed by atoms with van der Waals surface area (Å²) in [6.07, 6.45) is 5.85. The van der Waals surface area contributed by atoms with Gasteiger partial charge in [-0.2, -0.15) is 0 Å². The van der Waals surface area contributed by atoms with Crippen LogP contribution in [-0.4, -0.2) is 12.1 Å². The first kappa shape index (κ1) is 7.58. The molecule has 57 valence electrons. The Balaban J connectivity index is 1.97. The average Bonchev–Trinajstić information content (AvgIpc) is 2.67. The van der Waals surface area contributed by atoms with Crippen LogP contribution in [0.3, 0.4) is 0 Å². The standard InChI is InChI=1S/C8H13O2/c1-2-3-4-8(9)10-7-5-6-7/h4,7H,2-3,5-6H2,1H3. The van der Waals surface area contributed by atoms with E-state index < -0.39 is 0 Å². The maximum atomic E-state index is 10.8. The summed E-state index contributed by atoms with van der Waals surface area (Å²) in [6.45, 7) is 2.04. The topological polar surface area (TPSA) is 26.3 Å². The molecule has 0 aromatic carbocycles. The van der Waals surface area contributed by atoms with E-state index in [0.717, 1.165) is 25.7 Å². The molecule has 1 rings (SSSR count). The van der Waals surface area contributed by atoms with Gasteiger partial charge in [-0.05, 0) is 19.3 Å². The zero-order valence-electron chi connectivity index (χ0n) is 6.30. The molecule has 1 aliphatic carbocycles. The summed E-state index contributed by atoms with van der Waals surface area (Å²) in [5.74, 6) is -0.135. The molecule has 0 aliphatic heterocycles. The molecule has 0 aromatic heterocycles. The van der Waals surface area contributed by atoms with Crippen LogP contribution in [0.4, 0.5) is 0 Å². The van der Waals surface area contributed by atoms with E-state index in [1.807, 2.05) is 6.92 Å². The number of rotatable bonds is 4. The zero-order chi connectivity index (χ0) is 7.40. The number of esters is 1. The minimum Gasteiger partial charge on any atom is -0.462 e. The summed E-state index contributed by atoms with van der Waals surface area (Å²) in [4.78, 5) is 10.8. The fourth-order valence-corrected chi connectivity index (χ4v) is 0.660. The van der Waals surface area contributed by atoms with Crippen molar-refractivity contribution in [2.75, 3.05) is 0 Å². The summed E-state index contributed by atoms with van der Waals surface area (Å²) >= 11 is 0. The molecule has 0 heterocycles. The van der Waals surface area contributed by atoms with Gasteiger partial charge < -0.3 is 4.74 Å². The van der Waals surface area contributed by atoms with Gasteiger partial charge in [0, 0.05) is 0 Å². The summed E-state index contributed by atoms with van der Waals surface area (Å²) in [7, 11) is 0. The van der Waals surface area contributed by atoms with Gasteiger partial charge in [-0.1, -0.05) is 13.3 Å². The lowest BCUT2D eigenvalue weighted by Gasteiger charge is -1.99. The minimum absolute atomic E-state index is 0.135. The third-order valence-corrected chi connectivity index (χ3v) is 1.41. The Morgan fingerprint density at radius 3 is 2.90 bits per heavy atom. The van der Waals surface area contributed by atoms with Gasteiger partial charge >= 0.3 is 5.97 Å². The number of carbonyl (C=O) groups excluding carboxylic acids is 1. The Morgan fingerprint density at radius 1 is 1.70 bits per heavy atom. The summed E-state index contributed by atoms with van der Waals surface area (Å²) < 4.78 is 4.97. The molecule has 0 amide bonds. The first-order valence-corrected chi connectivity index (χ1v) is 3.86. The lowest BCUT2D eigenvalue weighted by atomic mass is 10.2. The van der Waals surface area contributed by atoms with Crippen LogP contribution >= 0.6 is 0 Å². The maximum Gasteiger partial charge on any atom is 0.310 e. The third kappa shape index (κ3) is 2.85. The Bertz CT molecular complexity index is 116. The predicted octanol–water partition coefficient (Wildman–Crippen LogP) is 1.70. The lowest BCUT2D eigenvalue weighted by Crippen LogP contribution is -2.05. The number of unbranched alkanes of at least 4 members (excludes halogenated alkanes) is 1. The molecule has 0 atom stereocenters. The fraction of sp³-hybridized carbons (Fsp3) is 0.750. The van der Waals surface area contributed by atoms with Gasteiger partial charge in [-0.25, -0.2) is 0 Å². The van der Waals surface area contributed by atoms with Crippen molar-refractivity contribution >= 4 is 5.97 Å². The van der Waals surface area contributed by atoms with Crippen LogP contribution in [0.2, 0.25) is 0 Å². The van der Waals surface area contributed by atoms with Crippen LogP contribution in [0.5, 0.6) is 0 Å². The van der Waals surface area contributed by atoms with E-state index in [1.54, 1.807) is 6.42 Å². The fourth-order valence-electron chi connectivity index (χ4n) is 0.660. The molecule has 0 N–H and O–H groups in total. The van der Waals surface area contributed by atoms with E-state index >= 15 is 0 Å². The van der Waals surface area contributed by atoms with Gasteiger partial charge in [-0.3, -0.25) is 4.79 Å². The summed E-state index contributed by atoms with van der Waals surface area (Å²) in [5.41, 5.74) is 0. The molecule has 1 saturated carbocycles. The molecule has 0 bridgehead atoms. The summed E-state index contributed by atoms with van der Waals surface area (Å²) in [6, 6.07) is 0. The Kier molecular flexibility index (Phi) is 2.72. The van der Waals surface area contributed by atoms with Crippen molar-refractivity contribution in [3.63, 3.8) is 0 Å². The second-order valence-electron chi connectivity index (χ2n) is 2.63. The molecule has 1 fully saturated rings. The van der Waals surface area contributed by atoms with Crippen LogP contribution in [0.25, 0.3) is 0 Å². The molecular formula is C8H13O2. The van der Waals surface area contributed by atoms with Crippen molar-refractivity contribution in [1.29, 1.82) is 0 Å². The van der Waals surface area contributed by atoms with Gasteiger partial charge in [-0.15, -0.1) is 0 Å². The first-order valence-electron chi connectivity index (χ1n) is 3.86. The number of hydrogen-bond acceptors (Lipinski definition) is 2. The van der Waals surface area contributed by atoms with Crippen molar-refractivity contribution in [2.24, 2.45) is 0 Å². The van der Waals surface area contributed by atoms with Gasteiger partial charge in [0.25, 0.3) is 0 Å². The number of carbonyl (C=O) groups is 1. The molecule has 2 nitrogen and oxygen atoms in total. The van der Waals surface area contributed by atoms with Crippen LogP contribution < -0.4 is 0 Å². The minimum atomic E-state index is -0.135. The van der Waals surface area contributed by atoms with E-state index in [4.69, 9.17) is 4.74 Å². The van der Waals surface area contributed by atoms with E-state index in [-0.39, 0.29) is 12.1 Å². The Labute approximate surface area is 61.6 Å². The van der Waals surface area contributed by atoms with Gasteiger partial charge in [0.1, 0.15) is 6.10 Å². The Hall–Kier alpha value is -0.530. The zero-order valence-corrected chi connectivity index (χ0v) is 6.30. The van der Waals surface area contributed by atoms with Crippen LogP contribution in [-0.2, 0) is 9.53 Å². The first-order chi connectivity index (χ1) is 4.83. The van der Waals surface area contributed by atoms with Crippen molar-refractivity contribution in [3.05, 3.63) is 6.42 Å². The molecule has 0 unspecified atom stereocenters. The molecule has 0 spiro atoms. The van der Waals surface area contributed by atoms with Crippen LogP contribution in [0, 0.1) is 6.42 Å². The quantitative estimate of drug-likeness (QED) is 0.557. The van der Waals surface area contributed by atoms with Crippen molar-refractivity contribution in [2.45, 2.75) is 38.7 Å². The predicted molar refractivity (Wildman–Crippen MR) is 38.3 cm³/mol. The van der Waals surface area contributed by atoms with E-state index in [2.05, 4.69) is 0 Å². The summed E-state index contributed by atoms with van der Waals surface area (Å²) in [5, 5.41) is 0. The van der Waals surface area contributed by atoms with Crippen molar-refractivity contribution in [1.82, 2.24) is 0 Å². The molecule has 10 heavy (non-hydrogen) atoms. The van der Waals surface area contributed by atoms with Gasteiger partial charge in [0.2, 0.25) is 0 Å². The largest absolute Gasteiger partial charge is 0.462 e. The SMILES string of the molecule is CCC[CH]C(=O)OC1CC1. The average molecular weight is 141 g/mol. The van der Waals surface area contributed by atoms with E-state index in [1.165, 1.54) is 0 Å². The highest BCUT2D eigenvalue weighted by Crippen LogP contribution is 2.23. The normalized spacial score (nSPS) is 16.9. The lowest BCUT2D eigenvalue weighted by molar-refractivity contribution is -0.140. The van der Waals surface area contributed by atoms with Crippen molar-refractivity contribution < 1.29 is 9.53 Å². The molecular weight excluding hydrogens is 128 g/mol. The molecule has 1 aliphatic rings. The van der Waals surface area contributed by atoms with E-state index in [0.29, 0.717) is 0 Å². The highest BCUT2D eigenvalue weighted by Gasteiger charge is 2.25. The molecule has 0 aromatic rings. The van der Waals surface area contributed by atoms with Crippen LogP contribution in [0.15, 0.2) is 0 Å². The monoisotopic (exact) mass is 141 g/mol. The third-order valence-electron chi connectivity index (χ3n) is 1.41. The number of ether oxygens (including phenoxy) is 1. The van der Waals surface area contributed by atoms with Gasteiger partial charge in [0.05, 0.1) is 6.42 Å². The highest BCUT2D eigenvalue weighted by atomic mass is 16.5. The maximum absolute atomic E-state index is 10.8.